The van der Waals surface area contributed by atoms with Crippen LogP contribution in [0.25, 0.3) is 0 Å². The Morgan fingerprint density at radius 2 is 1.89 bits per heavy atom. The van der Waals surface area contributed by atoms with Gasteiger partial charge in [-0.25, -0.2) is 0 Å². The standard InChI is InChI=1S/C5H15O2PS/c1-5-8(6)7-9(2,3)4/h8H,5H2,1-4H3. The van der Waals surface area contributed by atoms with Crippen LogP contribution in [0.15, 0.2) is 0 Å². The third-order valence-electron chi connectivity index (χ3n) is 0.632. The van der Waals surface area contributed by atoms with E-state index in [1.807, 2.05) is 25.7 Å². The molecule has 1 atom stereocenters. The molecule has 4 heteroatoms. The molecule has 0 fully saturated rings. The number of hydrogen-bond acceptors (Lipinski definition) is 2. The Kier molecular flexibility index (Phi) is 3.86. The highest BCUT2D eigenvalue weighted by molar-refractivity contribution is 8.29. The van der Waals surface area contributed by atoms with Gasteiger partial charge in [0, 0.05) is 6.16 Å². The van der Waals surface area contributed by atoms with Gasteiger partial charge < -0.3 is 0 Å². The van der Waals surface area contributed by atoms with E-state index in [-0.39, 0.29) is 0 Å². The van der Waals surface area contributed by atoms with E-state index in [4.69, 9.17) is 3.97 Å². The first kappa shape index (κ1) is 9.54. The molecule has 0 heterocycles. The van der Waals surface area contributed by atoms with Crippen LogP contribution in [0, 0.1) is 0 Å². The molecule has 1 unspecified atom stereocenters. The lowest BCUT2D eigenvalue weighted by molar-refractivity contribution is 0.530. The Hall–Kier alpha value is 0.540. The van der Waals surface area contributed by atoms with Crippen LogP contribution in [0.2, 0.25) is 0 Å². The highest BCUT2D eigenvalue weighted by atomic mass is 32.3. The zero-order valence-electron chi connectivity index (χ0n) is 6.43. The van der Waals surface area contributed by atoms with Crippen molar-refractivity contribution in [2.75, 3.05) is 24.9 Å². The van der Waals surface area contributed by atoms with Crippen molar-refractivity contribution in [2.45, 2.75) is 6.92 Å². The lowest BCUT2D eigenvalue weighted by Gasteiger charge is -2.23. The Labute approximate surface area is 59.4 Å². The van der Waals surface area contributed by atoms with E-state index in [1.165, 1.54) is 0 Å². The molecule has 0 rings (SSSR count). The number of hydrogen-bond donors (Lipinski definition) is 0. The molecule has 0 saturated carbocycles. The third-order valence-corrected chi connectivity index (χ3v) is 3.95. The Balaban J connectivity index is 3.60. The molecule has 0 aromatic rings. The summed E-state index contributed by atoms with van der Waals surface area (Å²) in [6.45, 7) is 1.88. The van der Waals surface area contributed by atoms with Crippen molar-refractivity contribution in [1.82, 2.24) is 0 Å². The minimum absolute atomic E-state index is 0.662. The van der Waals surface area contributed by atoms with Gasteiger partial charge in [-0.15, -0.1) is 10.3 Å². The Bertz CT molecular complexity index is 108. The summed E-state index contributed by atoms with van der Waals surface area (Å²) in [7, 11) is -2.70. The quantitative estimate of drug-likeness (QED) is 0.606. The first-order valence-corrected chi connectivity index (χ1v) is 7.17. The van der Waals surface area contributed by atoms with E-state index in [9.17, 15) is 4.57 Å². The van der Waals surface area contributed by atoms with E-state index in [2.05, 4.69) is 0 Å². The summed E-state index contributed by atoms with van der Waals surface area (Å²) in [4.78, 5) is 0. The van der Waals surface area contributed by atoms with Gasteiger partial charge in [-0.1, -0.05) is 6.92 Å². The fourth-order valence-corrected chi connectivity index (χ4v) is 3.04. The zero-order valence-corrected chi connectivity index (χ0v) is 8.25. The zero-order chi connectivity index (χ0) is 7.49. The van der Waals surface area contributed by atoms with E-state index < -0.39 is 18.3 Å². The predicted octanol–water partition coefficient (Wildman–Crippen LogP) is 2.11. The summed E-state index contributed by atoms with van der Waals surface area (Å²) in [5.74, 6) is 0. The van der Waals surface area contributed by atoms with Crippen molar-refractivity contribution >= 4 is 18.3 Å². The van der Waals surface area contributed by atoms with Crippen LogP contribution in [0.4, 0.5) is 0 Å². The van der Waals surface area contributed by atoms with Gasteiger partial charge in [-0.05, 0) is 18.8 Å². The fraction of sp³-hybridized carbons (Fsp3) is 1.00. The summed E-state index contributed by atoms with van der Waals surface area (Å²) in [6.07, 6.45) is 6.64. The molecule has 0 aliphatic carbocycles. The molecular formula is C5H15O2PS. The predicted molar refractivity (Wildman–Crippen MR) is 46.0 cm³/mol. The molecule has 58 valence electrons. The summed E-state index contributed by atoms with van der Waals surface area (Å²) >= 11 is 0. The lowest BCUT2D eigenvalue weighted by atomic mass is 11.0. The van der Waals surface area contributed by atoms with Crippen molar-refractivity contribution < 1.29 is 8.54 Å². The lowest BCUT2D eigenvalue weighted by Crippen LogP contribution is -1.91. The highest BCUT2D eigenvalue weighted by Gasteiger charge is 2.06. The Morgan fingerprint density at radius 3 is 2.00 bits per heavy atom. The van der Waals surface area contributed by atoms with Crippen molar-refractivity contribution in [3.05, 3.63) is 0 Å². The topological polar surface area (TPSA) is 26.3 Å². The normalized spacial score (nSPS) is 17.3. The molecule has 0 amide bonds. The van der Waals surface area contributed by atoms with E-state index in [1.54, 1.807) is 0 Å². The van der Waals surface area contributed by atoms with Crippen LogP contribution in [0.1, 0.15) is 6.92 Å². The maximum atomic E-state index is 10.8. The van der Waals surface area contributed by atoms with Gasteiger partial charge >= 0.3 is 0 Å². The molecule has 0 radical (unpaired) electrons. The monoisotopic (exact) mass is 170 g/mol. The average molecular weight is 170 g/mol. The third kappa shape index (κ3) is 6.42. The second-order valence-corrected chi connectivity index (χ2v) is 8.10. The maximum absolute atomic E-state index is 10.8. The van der Waals surface area contributed by atoms with Crippen molar-refractivity contribution in [3.8, 4) is 0 Å². The molecular weight excluding hydrogens is 155 g/mol. The van der Waals surface area contributed by atoms with Gasteiger partial charge in [0.25, 0.3) is 0 Å². The maximum Gasteiger partial charge on any atom is 0.200 e. The van der Waals surface area contributed by atoms with Gasteiger partial charge in [-0.3, -0.25) is 8.54 Å². The number of rotatable bonds is 3. The molecule has 0 saturated heterocycles. The Morgan fingerprint density at radius 1 is 1.44 bits per heavy atom. The summed E-state index contributed by atoms with van der Waals surface area (Å²) < 4.78 is 16.0. The first-order valence-electron chi connectivity index (χ1n) is 2.86. The summed E-state index contributed by atoms with van der Waals surface area (Å²) in [6, 6.07) is 0. The molecule has 0 aromatic carbocycles. The average Bonchev–Trinajstić information content (AvgIpc) is 1.62. The van der Waals surface area contributed by atoms with Crippen molar-refractivity contribution in [1.29, 1.82) is 0 Å². The van der Waals surface area contributed by atoms with E-state index in [0.29, 0.717) is 6.16 Å². The second-order valence-electron chi connectivity index (χ2n) is 2.53. The van der Waals surface area contributed by atoms with Crippen LogP contribution in [-0.4, -0.2) is 24.9 Å². The molecule has 0 N–H and O–H groups in total. The molecule has 2 nitrogen and oxygen atoms in total. The van der Waals surface area contributed by atoms with Gasteiger partial charge in [0.1, 0.15) is 0 Å². The first-order chi connectivity index (χ1) is 3.95. The van der Waals surface area contributed by atoms with E-state index in [0.717, 1.165) is 0 Å². The van der Waals surface area contributed by atoms with E-state index >= 15 is 0 Å². The minimum Gasteiger partial charge on any atom is -0.295 e. The van der Waals surface area contributed by atoms with Crippen LogP contribution in [0.3, 0.4) is 0 Å². The molecule has 0 aliphatic heterocycles. The van der Waals surface area contributed by atoms with Crippen molar-refractivity contribution in [3.63, 3.8) is 0 Å². The summed E-state index contributed by atoms with van der Waals surface area (Å²) in [5.41, 5.74) is 0. The fourth-order valence-electron chi connectivity index (χ4n) is 0.338. The van der Waals surface area contributed by atoms with Gasteiger partial charge in [0.15, 0.2) is 0 Å². The molecule has 0 spiro atoms. The molecule has 0 aliphatic rings. The van der Waals surface area contributed by atoms with Crippen LogP contribution >= 0.6 is 18.3 Å². The largest absolute Gasteiger partial charge is 0.295 e. The highest BCUT2D eigenvalue weighted by Crippen LogP contribution is 2.46. The van der Waals surface area contributed by atoms with Crippen LogP contribution in [-0.2, 0) is 8.54 Å². The summed E-state index contributed by atoms with van der Waals surface area (Å²) in [5, 5.41) is 0. The van der Waals surface area contributed by atoms with Crippen LogP contribution in [0.5, 0.6) is 0 Å². The molecule has 0 bridgehead atoms. The van der Waals surface area contributed by atoms with Gasteiger partial charge in [-0.2, -0.15) is 0 Å². The smallest absolute Gasteiger partial charge is 0.200 e. The minimum atomic E-state index is -1.70. The van der Waals surface area contributed by atoms with Gasteiger partial charge in [0.2, 0.25) is 8.03 Å². The molecule has 9 heavy (non-hydrogen) atoms. The second kappa shape index (κ2) is 3.65. The van der Waals surface area contributed by atoms with Gasteiger partial charge in [0.05, 0.1) is 0 Å². The molecule has 0 aromatic heterocycles. The SMILES string of the molecule is CC[PH](=O)OS(C)(C)C. The van der Waals surface area contributed by atoms with Crippen molar-refractivity contribution in [2.24, 2.45) is 0 Å². The van der Waals surface area contributed by atoms with Crippen LogP contribution < -0.4 is 0 Å².